The Hall–Kier alpha value is -2.02. The van der Waals surface area contributed by atoms with Crippen molar-refractivity contribution in [3.8, 4) is 10.8 Å². The third-order valence-corrected chi connectivity index (χ3v) is 7.78. The average Bonchev–Trinajstić information content (AvgIpc) is 3.28. The van der Waals surface area contributed by atoms with Crippen LogP contribution in [0.1, 0.15) is 61.0 Å². The quantitative estimate of drug-likeness (QED) is 0.711. The molecule has 2 aliphatic heterocycles. The zero-order valence-corrected chi connectivity index (χ0v) is 16.9. The fourth-order valence-corrected chi connectivity index (χ4v) is 6.37. The SMILES string of the molecule is CC(=O)c1ccc(-c2nnc(CCC(=O)N3CC4C[C@@H]5CC3C[C@H](C4)C5)o2)s1. The van der Waals surface area contributed by atoms with Gasteiger partial charge in [-0.3, -0.25) is 9.59 Å². The van der Waals surface area contributed by atoms with E-state index in [4.69, 9.17) is 4.42 Å². The van der Waals surface area contributed by atoms with Crippen LogP contribution in [-0.4, -0.2) is 39.4 Å². The van der Waals surface area contributed by atoms with Crippen molar-refractivity contribution >= 4 is 23.0 Å². The van der Waals surface area contributed by atoms with Crippen LogP contribution in [0, 0.1) is 17.8 Å². The van der Waals surface area contributed by atoms with Gasteiger partial charge in [0, 0.05) is 25.4 Å². The largest absolute Gasteiger partial charge is 0.420 e. The summed E-state index contributed by atoms with van der Waals surface area (Å²) < 4.78 is 5.74. The summed E-state index contributed by atoms with van der Waals surface area (Å²) in [6, 6.07) is 4.04. The standard InChI is InChI=1S/C21H25N3O3S/c1-12(25)17-2-3-18(28-17)21-23-22-19(27-21)4-5-20(26)24-11-15-7-13-6-14(8-15)10-16(24)9-13/h2-3,13-16H,4-11H2,1H3/t13-,14+,15?,16?. The van der Waals surface area contributed by atoms with E-state index in [1.807, 2.05) is 6.07 Å². The van der Waals surface area contributed by atoms with Crippen LogP contribution in [0.4, 0.5) is 0 Å². The molecule has 1 amide bonds. The average molecular weight is 400 g/mol. The minimum atomic E-state index is 0.0295. The highest BCUT2D eigenvalue weighted by atomic mass is 32.1. The van der Waals surface area contributed by atoms with Gasteiger partial charge in [-0.05, 0) is 68.9 Å². The molecule has 4 heterocycles. The van der Waals surface area contributed by atoms with Gasteiger partial charge >= 0.3 is 0 Å². The van der Waals surface area contributed by atoms with E-state index in [1.165, 1.54) is 43.4 Å². The Balaban J connectivity index is 1.22. The predicted octanol–water partition coefficient (Wildman–Crippen LogP) is 3.97. The second-order valence-corrected chi connectivity index (χ2v) is 9.78. The fraction of sp³-hybridized carbons (Fsp3) is 0.619. The molecule has 2 saturated carbocycles. The van der Waals surface area contributed by atoms with E-state index in [9.17, 15) is 9.59 Å². The summed E-state index contributed by atoms with van der Waals surface area (Å²) in [5, 5.41) is 8.19. The van der Waals surface area contributed by atoms with Crippen LogP contribution in [0.2, 0.25) is 0 Å². The maximum absolute atomic E-state index is 12.9. The first-order chi connectivity index (χ1) is 13.5. The van der Waals surface area contributed by atoms with E-state index in [1.54, 1.807) is 13.0 Å². The van der Waals surface area contributed by atoms with Crippen molar-refractivity contribution in [2.45, 2.75) is 57.9 Å². The van der Waals surface area contributed by atoms with Crippen molar-refractivity contribution in [1.29, 1.82) is 0 Å². The van der Waals surface area contributed by atoms with Gasteiger partial charge in [0.05, 0.1) is 9.75 Å². The molecule has 2 aromatic rings. The molecule has 0 spiro atoms. The number of hydrogen-bond acceptors (Lipinski definition) is 6. The molecule has 7 heteroatoms. The van der Waals surface area contributed by atoms with Crippen molar-refractivity contribution in [2.75, 3.05) is 6.54 Å². The van der Waals surface area contributed by atoms with Gasteiger partial charge in [-0.2, -0.15) is 0 Å². The van der Waals surface area contributed by atoms with Crippen molar-refractivity contribution in [2.24, 2.45) is 17.8 Å². The van der Waals surface area contributed by atoms with Gasteiger partial charge in [0.15, 0.2) is 5.78 Å². The lowest BCUT2D eigenvalue weighted by Gasteiger charge is -2.39. The molecule has 2 aliphatic carbocycles. The molecule has 2 unspecified atom stereocenters. The van der Waals surface area contributed by atoms with E-state index >= 15 is 0 Å². The molecule has 28 heavy (non-hydrogen) atoms. The Bertz CT molecular complexity index is 890. The summed E-state index contributed by atoms with van der Waals surface area (Å²) in [4.78, 5) is 28.0. The second-order valence-electron chi connectivity index (χ2n) is 8.70. The number of thiophene rings is 1. The zero-order chi connectivity index (χ0) is 19.3. The molecule has 0 N–H and O–H groups in total. The maximum atomic E-state index is 12.9. The molecule has 148 valence electrons. The Morgan fingerprint density at radius 1 is 1.11 bits per heavy atom. The summed E-state index contributed by atoms with van der Waals surface area (Å²) in [6.45, 7) is 2.48. The lowest BCUT2D eigenvalue weighted by Crippen LogP contribution is -2.42. The van der Waals surface area contributed by atoms with E-state index in [0.717, 1.165) is 23.3 Å². The van der Waals surface area contributed by atoms with Crippen LogP contribution in [0.5, 0.6) is 0 Å². The van der Waals surface area contributed by atoms with Gasteiger partial charge in [0.2, 0.25) is 11.8 Å². The van der Waals surface area contributed by atoms with E-state index in [2.05, 4.69) is 15.1 Å². The Morgan fingerprint density at radius 2 is 1.86 bits per heavy atom. The number of aromatic nitrogens is 2. The van der Waals surface area contributed by atoms with Gasteiger partial charge < -0.3 is 9.32 Å². The summed E-state index contributed by atoms with van der Waals surface area (Å²) >= 11 is 1.35. The Labute approximate surface area is 168 Å². The van der Waals surface area contributed by atoms with Crippen LogP contribution >= 0.6 is 11.3 Å². The van der Waals surface area contributed by atoms with Crippen molar-refractivity contribution in [1.82, 2.24) is 15.1 Å². The number of nitrogens with zero attached hydrogens (tertiary/aromatic N) is 3. The van der Waals surface area contributed by atoms with Crippen LogP contribution < -0.4 is 0 Å². The monoisotopic (exact) mass is 399 g/mol. The molecule has 4 bridgehead atoms. The maximum Gasteiger partial charge on any atom is 0.257 e. The third-order valence-electron chi connectivity index (χ3n) is 6.61. The molecule has 2 aromatic heterocycles. The smallest absolute Gasteiger partial charge is 0.257 e. The summed E-state index contributed by atoms with van der Waals surface area (Å²) in [6.07, 6.45) is 7.29. The molecule has 4 fully saturated rings. The lowest BCUT2D eigenvalue weighted by molar-refractivity contribution is -0.134. The molecule has 6 nitrogen and oxygen atoms in total. The first kappa shape index (κ1) is 18.0. The summed E-state index contributed by atoms with van der Waals surface area (Å²) in [7, 11) is 0. The first-order valence-corrected chi connectivity index (χ1v) is 11.1. The second kappa shape index (κ2) is 7.10. The number of amides is 1. The number of carbonyl (C=O) groups is 2. The van der Waals surface area contributed by atoms with E-state index < -0.39 is 0 Å². The third kappa shape index (κ3) is 3.41. The number of Topliss-reactive ketones (excluding diaryl/α,β-unsaturated/α-hetero) is 1. The highest BCUT2D eigenvalue weighted by molar-refractivity contribution is 7.17. The highest BCUT2D eigenvalue weighted by Crippen LogP contribution is 2.47. The molecule has 4 atom stereocenters. The van der Waals surface area contributed by atoms with Gasteiger partial charge in [-0.1, -0.05) is 0 Å². The molecule has 0 aromatic carbocycles. The first-order valence-electron chi connectivity index (χ1n) is 10.3. The minimum Gasteiger partial charge on any atom is -0.420 e. The number of carbonyl (C=O) groups excluding carboxylic acids is 2. The number of rotatable bonds is 5. The van der Waals surface area contributed by atoms with E-state index in [0.29, 0.717) is 41.5 Å². The minimum absolute atomic E-state index is 0.0295. The molecular weight excluding hydrogens is 374 g/mol. The van der Waals surface area contributed by atoms with Gasteiger partial charge in [0.25, 0.3) is 5.89 Å². The topological polar surface area (TPSA) is 76.3 Å². The van der Waals surface area contributed by atoms with Crippen LogP contribution in [0.25, 0.3) is 10.8 Å². The summed E-state index contributed by atoms with van der Waals surface area (Å²) in [5.74, 6) is 3.54. The molecule has 2 saturated heterocycles. The number of fused-ring (bicyclic) bond motifs is 1. The normalized spacial score (nSPS) is 28.5. The zero-order valence-electron chi connectivity index (χ0n) is 16.1. The Kier molecular flexibility index (Phi) is 4.57. The van der Waals surface area contributed by atoms with Crippen LogP contribution in [0.15, 0.2) is 16.5 Å². The van der Waals surface area contributed by atoms with Crippen molar-refractivity contribution in [3.05, 3.63) is 22.9 Å². The van der Waals surface area contributed by atoms with E-state index in [-0.39, 0.29) is 11.7 Å². The van der Waals surface area contributed by atoms with Gasteiger partial charge in [-0.15, -0.1) is 21.5 Å². The molecular formula is C21H25N3O3S. The number of hydrogen-bond donors (Lipinski definition) is 0. The Morgan fingerprint density at radius 3 is 2.57 bits per heavy atom. The van der Waals surface area contributed by atoms with Crippen LogP contribution in [-0.2, 0) is 11.2 Å². The van der Waals surface area contributed by atoms with Gasteiger partial charge in [-0.25, -0.2) is 0 Å². The fourth-order valence-electron chi connectivity index (χ4n) is 5.54. The molecule has 0 radical (unpaired) electrons. The predicted molar refractivity (Wildman–Crippen MR) is 105 cm³/mol. The lowest BCUT2D eigenvalue weighted by atomic mass is 9.68. The number of ketones is 1. The van der Waals surface area contributed by atoms with Crippen molar-refractivity contribution in [3.63, 3.8) is 0 Å². The van der Waals surface area contributed by atoms with Crippen LogP contribution in [0.3, 0.4) is 0 Å². The summed E-state index contributed by atoms with van der Waals surface area (Å²) in [5.41, 5.74) is 0. The molecule has 6 rings (SSSR count). The van der Waals surface area contributed by atoms with Crippen molar-refractivity contribution < 1.29 is 14.0 Å². The molecule has 4 aliphatic rings. The highest BCUT2D eigenvalue weighted by Gasteiger charge is 2.43. The number of aryl methyl sites for hydroxylation is 1. The van der Waals surface area contributed by atoms with Gasteiger partial charge in [0.1, 0.15) is 0 Å².